The lowest BCUT2D eigenvalue weighted by Gasteiger charge is -2.25. The van der Waals surface area contributed by atoms with E-state index >= 15 is 0 Å². The van der Waals surface area contributed by atoms with Crippen LogP contribution in [-0.2, 0) is 0 Å². The van der Waals surface area contributed by atoms with Gasteiger partial charge in [0.2, 0.25) is 0 Å². The molecule has 0 aromatic heterocycles. The smallest absolute Gasteiger partial charge is 0.161 e. The van der Waals surface area contributed by atoms with Crippen molar-refractivity contribution in [3.8, 4) is 11.5 Å². The summed E-state index contributed by atoms with van der Waals surface area (Å²) in [6.45, 7) is 10.7. The first-order valence-electron chi connectivity index (χ1n) is 7.97. The maximum absolute atomic E-state index is 5.88. The van der Waals surface area contributed by atoms with Gasteiger partial charge in [-0.15, -0.1) is 0 Å². The Labute approximate surface area is 130 Å². The lowest BCUT2D eigenvalue weighted by Crippen LogP contribution is -2.39. The van der Waals surface area contributed by atoms with E-state index in [1.54, 1.807) is 7.11 Å². The van der Waals surface area contributed by atoms with Crippen molar-refractivity contribution < 1.29 is 9.47 Å². The van der Waals surface area contributed by atoms with E-state index in [0.717, 1.165) is 31.1 Å². The van der Waals surface area contributed by atoms with Crippen molar-refractivity contribution in [3.05, 3.63) is 24.3 Å². The van der Waals surface area contributed by atoms with E-state index in [4.69, 9.17) is 9.47 Å². The van der Waals surface area contributed by atoms with Gasteiger partial charge < -0.3 is 14.8 Å². The van der Waals surface area contributed by atoms with Gasteiger partial charge in [0.1, 0.15) is 0 Å². The highest BCUT2D eigenvalue weighted by Gasteiger charge is 2.14. The fourth-order valence-electron chi connectivity index (χ4n) is 2.28. The topological polar surface area (TPSA) is 30.5 Å². The third-order valence-electron chi connectivity index (χ3n) is 3.47. The molecule has 0 aliphatic carbocycles. The molecule has 1 unspecified atom stereocenters. The third-order valence-corrected chi connectivity index (χ3v) is 3.47. The Kier molecular flexibility index (Phi) is 7.58. The lowest BCUT2D eigenvalue weighted by atomic mass is 9.98. The van der Waals surface area contributed by atoms with Crippen molar-refractivity contribution in [1.82, 2.24) is 5.32 Å². The van der Waals surface area contributed by atoms with Crippen molar-refractivity contribution in [2.24, 2.45) is 5.92 Å². The van der Waals surface area contributed by atoms with Gasteiger partial charge >= 0.3 is 0 Å². The number of benzene rings is 1. The monoisotopic (exact) mass is 293 g/mol. The van der Waals surface area contributed by atoms with Gasteiger partial charge in [-0.25, -0.2) is 0 Å². The van der Waals surface area contributed by atoms with Crippen LogP contribution in [0.3, 0.4) is 0 Å². The summed E-state index contributed by atoms with van der Waals surface area (Å²) < 4.78 is 11.2. The number of ether oxygens (including phenoxy) is 2. The van der Waals surface area contributed by atoms with E-state index < -0.39 is 0 Å². The maximum atomic E-state index is 5.88. The molecular weight excluding hydrogens is 262 g/mol. The van der Waals surface area contributed by atoms with Crippen LogP contribution >= 0.6 is 0 Å². The fraction of sp³-hybridized carbons (Fsp3) is 0.667. The van der Waals surface area contributed by atoms with Crippen LogP contribution in [0, 0.1) is 5.92 Å². The Morgan fingerprint density at radius 1 is 1.10 bits per heavy atom. The minimum Gasteiger partial charge on any atom is -0.493 e. The Balaban J connectivity index is 2.42. The highest BCUT2D eigenvalue weighted by molar-refractivity contribution is 5.39. The van der Waals surface area contributed by atoms with Gasteiger partial charge in [-0.05, 0) is 58.2 Å². The summed E-state index contributed by atoms with van der Waals surface area (Å²) >= 11 is 0. The van der Waals surface area contributed by atoms with E-state index in [1.165, 1.54) is 12.8 Å². The second-order valence-electron chi connectivity index (χ2n) is 6.57. The molecule has 3 nitrogen and oxygen atoms in total. The molecule has 3 heteroatoms. The van der Waals surface area contributed by atoms with Gasteiger partial charge in [-0.1, -0.05) is 25.5 Å². The molecule has 0 fully saturated rings. The summed E-state index contributed by atoms with van der Waals surface area (Å²) in [5, 5.41) is 3.60. The average Bonchev–Trinajstić information content (AvgIpc) is 2.44. The molecule has 1 rings (SSSR count). The molecule has 21 heavy (non-hydrogen) atoms. The van der Waals surface area contributed by atoms with E-state index in [9.17, 15) is 0 Å². The first-order valence-corrected chi connectivity index (χ1v) is 7.97. The number of methoxy groups -OCH3 is 1. The molecule has 0 radical (unpaired) electrons. The number of para-hydroxylation sites is 2. The second kappa shape index (κ2) is 8.93. The zero-order valence-electron chi connectivity index (χ0n) is 14.2. The van der Waals surface area contributed by atoms with Gasteiger partial charge in [-0.3, -0.25) is 0 Å². The first-order chi connectivity index (χ1) is 9.96. The quantitative estimate of drug-likeness (QED) is 0.737. The molecule has 1 aromatic rings. The summed E-state index contributed by atoms with van der Waals surface area (Å²) in [6, 6.07) is 7.82. The van der Waals surface area contributed by atoms with Crippen molar-refractivity contribution in [1.29, 1.82) is 0 Å². The van der Waals surface area contributed by atoms with Crippen LogP contribution in [-0.4, -0.2) is 25.8 Å². The van der Waals surface area contributed by atoms with Crippen LogP contribution in [0.15, 0.2) is 24.3 Å². The second-order valence-corrected chi connectivity index (χ2v) is 6.57. The van der Waals surface area contributed by atoms with E-state index in [2.05, 4.69) is 33.0 Å². The fourth-order valence-corrected chi connectivity index (χ4v) is 2.28. The Hall–Kier alpha value is -1.22. The third kappa shape index (κ3) is 7.37. The molecular formula is C18H31NO2. The SMILES string of the molecule is CCCC(CCOc1ccccc1OC)CNC(C)(C)C. The molecule has 0 saturated heterocycles. The predicted molar refractivity (Wildman–Crippen MR) is 89.3 cm³/mol. The van der Waals surface area contributed by atoms with Gasteiger partial charge in [0.05, 0.1) is 13.7 Å². The molecule has 120 valence electrons. The number of hydrogen-bond acceptors (Lipinski definition) is 3. The summed E-state index contributed by atoms with van der Waals surface area (Å²) in [4.78, 5) is 0. The van der Waals surface area contributed by atoms with Crippen LogP contribution in [0.1, 0.15) is 47.0 Å². The van der Waals surface area contributed by atoms with Gasteiger partial charge in [0.25, 0.3) is 0 Å². The minimum absolute atomic E-state index is 0.176. The summed E-state index contributed by atoms with van der Waals surface area (Å²) in [5.74, 6) is 2.29. The van der Waals surface area contributed by atoms with Crippen molar-refractivity contribution >= 4 is 0 Å². The molecule has 0 amide bonds. The Morgan fingerprint density at radius 3 is 2.33 bits per heavy atom. The molecule has 0 heterocycles. The molecule has 0 spiro atoms. The summed E-state index contributed by atoms with van der Waals surface area (Å²) in [5.41, 5.74) is 0.176. The molecule has 1 N–H and O–H groups in total. The van der Waals surface area contributed by atoms with Gasteiger partial charge in [0.15, 0.2) is 11.5 Å². The standard InChI is InChI=1S/C18H31NO2/c1-6-9-15(14-19-18(2,3)4)12-13-21-17-11-8-7-10-16(17)20-5/h7-8,10-11,15,19H,6,9,12-14H2,1-5H3. The van der Waals surface area contributed by atoms with Crippen LogP contribution in [0.2, 0.25) is 0 Å². The molecule has 0 aliphatic heterocycles. The van der Waals surface area contributed by atoms with Crippen molar-refractivity contribution in [3.63, 3.8) is 0 Å². The number of rotatable bonds is 9. The Morgan fingerprint density at radius 2 is 1.76 bits per heavy atom. The predicted octanol–water partition coefficient (Wildman–Crippen LogP) is 4.27. The summed E-state index contributed by atoms with van der Waals surface area (Å²) in [7, 11) is 1.68. The van der Waals surface area contributed by atoms with Crippen LogP contribution in [0.4, 0.5) is 0 Å². The largest absolute Gasteiger partial charge is 0.493 e. The highest BCUT2D eigenvalue weighted by Crippen LogP contribution is 2.26. The molecule has 1 aromatic carbocycles. The van der Waals surface area contributed by atoms with Crippen LogP contribution < -0.4 is 14.8 Å². The average molecular weight is 293 g/mol. The summed E-state index contributed by atoms with van der Waals surface area (Å²) in [6.07, 6.45) is 3.51. The number of nitrogens with one attached hydrogen (secondary N) is 1. The minimum atomic E-state index is 0.176. The normalized spacial score (nSPS) is 13.0. The highest BCUT2D eigenvalue weighted by atomic mass is 16.5. The number of hydrogen-bond donors (Lipinski definition) is 1. The van der Waals surface area contributed by atoms with Crippen molar-refractivity contribution in [2.45, 2.75) is 52.5 Å². The lowest BCUT2D eigenvalue weighted by molar-refractivity contribution is 0.247. The van der Waals surface area contributed by atoms with Gasteiger partial charge in [-0.2, -0.15) is 0 Å². The maximum Gasteiger partial charge on any atom is 0.161 e. The van der Waals surface area contributed by atoms with Gasteiger partial charge in [0, 0.05) is 5.54 Å². The van der Waals surface area contributed by atoms with Crippen LogP contribution in [0.25, 0.3) is 0 Å². The Bertz CT molecular complexity index is 398. The molecule has 0 bridgehead atoms. The van der Waals surface area contributed by atoms with Crippen LogP contribution in [0.5, 0.6) is 11.5 Å². The molecule has 0 saturated carbocycles. The molecule has 0 aliphatic rings. The molecule has 1 atom stereocenters. The van der Waals surface area contributed by atoms with E-state index in [1.807, 2.05) is 24.3 Å². The zero-order valence-corrected chi connectivity index (χ0v) is 14.2. The first kappa shape index (κ1) is 17.8. The van der Waals surface area contributed by atoms with Crippen molar-refractivity contribution in [2.75, 3.05) is 20.3 Å². The zero-order chi connectivity index (χ0) is 15.7. The van der Waals surface area contributed by atoms with E-state index in [-0.39, 0.29) is 5.54 Å². The van der Waals surface area contributed by atoms with E-state index in [0.29, 0.717) is 5.92 Å².